The second-order valence-electron chi connectivity index (χ2n) is 9.99. The highest BCUT2D eigenvalue weighted by molar-refractivity contribution is 9.10. The van der Waals surface area contributed by atoms with Crippen LogP contribution in [0.15, 0.2) is 98.3 Å². The van der Waals surface area contributed by atoms with Gasteiger partial charge in [-0.1, -0.05) is 69.7 Å². The second-order valence-corrected chi connectivity index (χ2v) is 11.9. The number of halogens is 1. The Morgan fingerprint density at radius 2 is 1.86 bits per heavy atom. The van der Waals surface area contributed by atoms with Gasteiger partial charge >= 0.3 is 5.97 Å². The number of esters is 1. The largest absolute Gasteiger partial charge is 0.491 e. The monoisotopic (exact) mass is 646 g/mol. The molecule has 0 amide bonds. The number of hydrogen-bond donors (Lipinski definition) is 0. The molecule has 5 rings (SSSR count). The molecule has 7 nitrogen and oxygen atoms in total. The van der Waals surface area contributed by atoms with Gasteiger partial charge < -0.3 is 14.2 Å². The zero-order valence-corrected chi connectivity index (χ0v) is 26.2. The number of nitrogens with zero attached hydrogens (tertiary/aromatic N) is 2. The summed E-state index contributed by atoms with van der Waals surface area (Å²) in [4.78, 5) is 32.5. The summed E-state index contributed by atoms with van der Waals surface area (Å²) < 4.78 is 20.6. The minimum absolute atomic E-state index is 0.101. The van der Waals surface area contributed by atoms with Crippen LogP contribution in [0, 0.1) is 0 Å². The second kappa shape index (κ2) is 12.9. The predicted octanol–water partition coefficient (Wildman–Crippen LogP) is 5.93. The van der Waals surface area contributed by atoms with Crippen LogP contribution in [-0.4, -0.2) is 23.2 Å². The third-order valence-electron chi connectivity index (χ3n) is 6.57. The molecule has 1 aliphatic heterocycles. The van der Waals surface area contributed by atoms with Gasteiger partial charge in [0.05, 0.1) is 28.5 Å². The van der Waals surface area contributed by atoms with Crippen molar-refractivity contribution in [2.24, 2.45) is 4.99 Å². The minimum atomic E-state index is -0.752. The van der Waals surface area contributed by atoms with E-state index in [1.54, 1.807) is 18.4 Å². The van der Waals surface area contributed by atoms with Crippen LogP contribution in [0.2, 0.25) is 0 Å². The molecule has 0 fully saturated rings. The molecule has 0 saturated carbocycles. The number of thiazole rings is 1. The first-order chi connectivity index (χ1) is 20.2. The Balaban J connectivity index is 1.57. The molecule has 216 valence electrons. The highest BCUT2D eigenvalue weighted by Gasteiger charge is 2.35. The first kappa shape index (κ1) is 29.5. The zero-order valence-electron chi connectivity index (χ0n) is 23.8. The lowest BCUT2D eigenvalue weighted by molar-refractivity contribution is -0.139. The van der Waals surface area contributed by atoms with Gasteiger partial charge in [0, 0.05) is 10.0 Å². The van der Waals surface area contributed by atoms with Gasteiger partial charge in [-0.15, -0.1) is 0 Å². The molecule has 0 saturated heterocycles. The lowest BCUT2D eigenvalue weighted by atomic mass is 9.95. The Labute approximate surface area is 256 Å². The van der Waals surface area contributed by atoms with Gasteiger partial charge in [-0.25, -0.2) is 9.79 Å². The van der Waals surface area contributed by atoms with Gasteiger partial charge in [0.1, 0.15) is 24.1 Å². The van der Waals surface area contributed by atoms with Crippen molar-refractivity contribution in [2.45, 2.75) is 46.4 Å². The standard InChI is InChI=1S/C33H31BrN2O5S/c1-5-39-32(38)29-21(4)35-33-36(30(29)26-11-6-7-12-27(26)41-20(2)3)31(37)28(42-33)18-23-9-8-10-25(17-23)40-19-22-13-15-24(34)16-14-22/h6-18,20,30H,5,19H2,1-4H3/b28-18-/t30-/m0/s1. The Morgan fingerprint density at radius 1 is 1.10 bits per heavy atom. The van der Waals surface area contributed by atoms with Crippen molar-refractivity contribution in [1.29, 1.82) is 0 Å². The predicted molar refractivity (Wildman–Crippen MR) is 168 cm³/mol. The fourth-order valence-corrected chi connectivity index (χ4v) is 6.06. The van der Waals surface area contributed by atoms with Gasteiger partial charge in [-0.2, -0.15) is 0 Å². The molecule has 9 heteroatoms. The molecule has 3 aromatic carbocycles. The van der Waals surface area contributed by atoms with E-state index in [1.807, 2.05) is 92.7 Å². The van der Waals surface area contributed by atoms with Gasteiger partial charge in [-0.05, 0) is 75.2 Å². The number of hydrogen-bond acceptors (Lipinski definition) is 7. The summed E-state index contributed by atoms with van der Waals surface area (Å²) in [6.07, 6.45) is 1.73. The number of carbonyl (C=O) groups is 1. The van der Waals surface area contributed by atoms with E-state index in [0.717, 1.165) is 15.6 Å². The van der Waals surface area contributed by atoms with Gasteiger partial charge in [-0.3, -0.25) is 9.36 Å². The topological polar surface area (TPSA) is 79.1 Å². The van der Waals surface area contributed by atoms with Crippen molar-refractivity contribution in [3.8, 4) is 11.5 Å². The molecule has 0 aliphatic carbocycles. The fraction of sp³-hybridized carbons (Fsp3) is 0.242. The van der Waals surface area contributed by atoms with E-state index in [-0.39, 0.29) is 18.3 Å². The van der Waals surface area contributed by atoms with Crippen LogP contribution < -0.4 is 24.4 Å². The Morgan fingerprint density at radius 3 is 2.60 bits per heavy atom. The van der Waals surface area contributed by atoms with Gasteiger partial charge in [0.15, 0.2) is 4.80 Å². The van der Waals surface area contributed by atoms with Gasteiger partial charge in [0.2, 0.25) is 0 Å². The van der Waals surface area contributed by atoms with Crippen LogP contribution in [-0.2, 0) is 16.1 Å². The van der Waals surface area contributed by atoms with Crippen molar-refractivity contribution in [1.82, 2.24) is 4.57 Å². The molecule has 0 spiro atoms. The molecule has 1 aromatic heterocycles. The zero-order chi connectivity index (χ0) is 29.8. The van der Waals surface area contributed by atoms with Crippen LogP contribution in [0.4, 0.5) is 0 Å². The Bertz CT molecular complexity index is 1820. The van der Waals surface area contributed by atoms with Crippen molar-refractivity contribution in [3.63, 3.8) is 0 Å². The van der Waals surface area contributed by atoms with Crippen LogP contribution in [0.25, 0.3) is 6.08 Å². The molecule has 0 radical (unpaired) electrons. The fourth-order valence-electron chi connectivity index (χ4n) is 4.75. The first-order valence-corrected chi connectivity index (χ1v) is 15.3. The molecule has 0 N–H and O–H groups in total. The van der Waals surface area contributed by atoms with E-state index in [0.29, 0.717) is 44.3 Å². The van der Waals surface area contributed by atoms with Gasteiger partial charge in [0.25, 0.3) is 5.56 Å². The van der Waals surface area contributed by atoms with Crippen LogP contribution in [0.3, 0.4) is 0 Å². The molecule has 42 heavy (non-hydrogen) atoms. The summed E-state index contributed by atoms with van der Waals surface area (Å²) in [6.45, 7) is 8.03. The number of carbonyl (C=O) groups excluding carboxylic acids is 1. The molecule has 2 heterocycles. The van der Waals surface area contributed by atoms with Crippen molar-refractivity contribution in [3.05, 3.63) is 125 Å². The molecule has 1 atom stereocenters. The number of ether oxygens (including phenoxy) is 3. The quantitative estimate of drug-likeness (QED) is 0.211. The molecule has 0 unspecified atom stereocenters. The molecular weight excluding hydrogens is 616 g/mol. The van der Waals surface area contributed by atoms with Crippen molar-refractivity contribution in [2.75, 3.05) is 6.61 Å². The van der Waals surface area contributed by atoms with E-state index in [1.165, 1.54) is 11.3 Å². The maximum Gasteiger partial charge on any atom is 0.338 e. The first-order valence-electron chi connectivity index (χ1n) is 13.7. The summed E-state index contributed by atoms with van der Waals surface area (Å²) in [5.41, 5.74) is 3.13. The average Bonchev–Trinajstić information content (AvgIpc) is 3.26. The van der Waals surface area contributed by atoms with E-state index in [9.17, 15) is 9.59 Å². The maximum atomic E-state index is 14.0. The van der Waals surface area contributed by atoms with E-state index in [4.69, 9.17) is 14.2 Å². The molecule has 1 aliphatic rings. The summed E-state index contributed by atoms with van der Waals surface area (Å²) in [6, 6.07) is 22.3. The maximum absolute atomic E-state index is 14.0. The third-order valence-corrected chi connectivity index (χ3v) is 8.08. The van der Waals surface area contributed by atoms with Crippen LogP contribution >= 0.6 is 27.3 Å². The van der Waals surface area contributed by atoms with Crippen molar-refractivity contribution < 1.29 is 19.0 Å². The Hall–Kier alpha value is -3.95. The van der Waals surface area contributed by atoms with Crippen LogP contribution in [0.1, 0.15) is 50.4 Å². The van der Waals surface area contributed by atoms with E-state index < -0.39 is 12.0 Å². The number of benzene rings is 3. The summed E-state index contributed by atoms with van der Waals surface area (Å²) >= 11 is 4.73. The highest BCUT2D eigenvalue weighted by Crippen LogP contribution is 2.36. The molecule has 0 bridgehead atoms. The lowest BCUT2D eigenvalue weighted by Gasteiger charge is -2.26. The van der Waals surface area contributed by atoms with E-state index in [2.05, 4.69) is 20.9 Å². The Kier molecular flexibility index (Phi) is 9.09. The summed E-state index contributed by atoms with van der Waals surface area (Å²) in [7, 11) is 0. The summed E-state index contributed by atoms with van der Waals surface area (Å²) in [5.74, 6) is 0.782. The SMILES string of the molecule is CCOC(=O)C1=C(C)N=c2s/c(=C\c3cccc(OCc4ccc(Br)cc4)c3)c(=O)n2[C@H]1c1ccccc1OC(C)C. The van der Waals surface area contributed by atoms with Crippen molar-refractivity contribution >= 4 is 39.3 Å². The number of aromatic nitrogens is 1. The number of rotatable bonds is 9. The van der Waals surface area contributed by atoms with E-state index >= 15 is 0 Å². The number of allylic oxidation sites excluding steroid dienone is 1. The smallest absolute Gasteiger partial charge is 0.338 e. The summed E-state index contributed by atoms with van der Waals surface area (Å²) in [5, 5.41) is 0. The lowest BCUT2D eigenvalue weighted by Crippen LogP contribution is -2.40. The average molecular weight is 648 g/mol. The van der Waals surface area contributed by atoms with Crippen LogP contribution in [0.5, 0.6) is 11.5 Å². The highest BCUT2D eigenvalue weighted by atomic mass is 79.9. The molecular formula is C33H31BrN2O5S. The molecule has 4 aromatic rings. The minimum Gasteiger partial charge on any atom is -0.491 e. The third kappa shape index (κ3) is 6.42. The number of para-hydroxylation sites is 1. The number of fused-ring (bicyclic) bond motifs is 1. The normalized spacial score (nSPS) is 14.9.